The first kappa shape index (κ1) is 23.6. The second kappa shape index (κ2) is 11.0. The van der Waals surface area contributed by atoms with E-state index in [4.69, 9.17) is 16.3 Å². The van der Waals surface area contributed by atoms with Gasteiger partial charge < -0.3 is 13.9 Å². The van der Waals surface area contributed by atoms with Crippen molar-refractivity contribution < 1.29 is 9.53 Å². The highest BCUT2D eigenvalue weighted by molar-refractivity contribution is 7.99. The molecule has 2 aromatic heterocycles. The van der Waals surface area contributed by atoms with Crippen LogP contribution in [0.15, 0.2) is 35.5 Å². The second-order valence-corrected chi connectivity index (χ2v) is 8.78. The molecule has 0 bridgehead atoms. The quantitative estimate of drug-likeness (QED) is 0.216. The number of thioether (sulfide) groups is 1. The Balaban J connectivity index is 1.82. The minimum absolute atomic E-state index is 0.103. The molecule has 0 aliphatic heterocycles. The highest BCUT2D eigenvalue weighted by Crippen LogP contribution is 2.30. The molecule has 0 aliphatic rings. The van der Waals surface area contributed by atoms with Gasteiger partial charge in [-0.1, -0.05) is 42.4 Å². The molecule has 3 aromatic rings. The summed E-state index contributed by atoms with van der Waals surface area (Å²) in [5.74, 6) is 1.12. The smallest absolute Gasteiger partial charge is 0.191 e. The fourth-order valence-corrected chi connectivity index (χ4v) is 4.73. The number of hydrogen-bond acceptors (Lipinski definition) is 5. The van der Waals surface area contributed by atoms with Crippen LogP contribution < -0.4 is 0 Å². The van der Waals surface area contributed by atoms with Gasteiger partial charge in [0.05, 0.1) is 10.8 Å². The SMILES string of the molecule is CCCn1c(C)cc(C(=O)CSc2nnc(-c3ccccc3Cl)n2CCCOC)c1C. The predicted octanol–water partition coefficient (Wildman–Crippen LogP) is 5.44. The summed E-state index contributed by atoms with van der Waals surface area (Å²) in [6, 6.07) is 9.58. The first-order chi connectivity index (χ1) is 15.0. The molecule has 31 heavy (non-hydrogen) atoms. The average molecular weight is 461 g/mol. The van der Waals surface area contributed by atoms with Crippen LogP contribution in [0.1, 0.15) is 41.5 Å². The molecule has 0 radical (unpaired) electrons. The number of benzene rings is 1. The molecule has 3 rings (SSSR count). The number of ketones is 1. The topological polar surface area (TPSA) is 61.9 Å². The number of hydrogen-bond donors (Lipinski definition) is 0. The van der Waals surface area contributed by atoms with Gasteiger partial charge in [0.1, 0.15) is 0 Å². The Morgan fingerprint density at radius 3 is 2.65 bits per heavy atom. The molecule has 0 spiro atoms. The van der Waals surface area contributed by atoms with Crippen LogP contribution in [0.4, 0.5) is 0 Å². The Bertz CT molecular complexity index is 1040. The van der Waals surface area contributed by atoms with Crippen molar-refractivity contribution >= 4 is 29.1 Å². The summed E-state index contributed by atoms with van der Waals surface area (Å²) in [4.78, 5) is 13.0. The maximum Gasteiger partial charge on any atom is 0.191 e. The van der Waals surface area contributed by atoms with Crippen molar-refractivity contribution in [2.24, 2.45) is 0 Å². The monoisotopic (exact) mass is 460 g/mol. The zero-order valence-corrected chi connectivity index (χ0v) is 20.1. The molecule has 0 saturated carbocycles. The van der Waals surface area contributed by atoms with Gasteiger partial charge in [0.15, 0.2) is 16.8 Å². The number of rotatable bonds is 11. The molecule has 166 valence electrons. The third-order valence-corrected chi connectivity index (χ3v) is 6.51. The van der Waals surface area contributed by atoms with Crippen LogP contribution >= 0.6 is 23.4 Å². The number of aryl methyl sites for hydroxylation is 1. The van der Waals surface area contributed by atoms with E-state index in [2.05, 4.69) is 28.6 Å². The summed E-state index contributed by atoms with van der Waals surface area (Å²) in [6.07, 6.45) is 1.85. The van der Waals surface area contributed by atoms with Crippen LogP contribution in [0.2, 0.25) is 5.02 Å². The van der Waals surface area contributed by atoms with E-state index in [0.717, 1.165) is 41.9 Å². The molecule has 1 aromatic carbocycles. The molecule has 0 unspecified atom stereocenters. The average Bonchev–Trinajstić information content (AvgIpc) is 3.28. The maximum absolute atomic E-state index is 13.0. The predicted molar refractivity (Wildman–Crippen MR) is 126 cm³/mol. The number of Topliss-reactive ketones (excluding diaryl/α,β-unsaturated/α-hetero) is 1. The highest BCUT2D eigenvalue weighted by Gasteiger charge is 2.20. The fraction of sp³-hybridized carbons (Fsp3) is 0.435. The number of carbonyl (C=O) groups excluding carboxylic acids is 1. The van der Waals surface area contributed by atoms with Crippen LogP contribution in [0.25, 0.3) is 11.4 Å². The number of aromatic nitrogens is 4. The summed E-state index contributed by atoms with van der Waals surface area (Å²) in [5.41, 5.74) is 3.77. The molecule has 0 aliphatic carbocycles. The molecule has 0 amide bonds. The van der Waals surface area contributed by atoms with Gasteiger partial charge in [-0.15, -0.1) is 10.2 Å². The van der Waals surface area contributed by atoms with E-state index in [-0.39, 0.29) is 5.78 Å². The van der Waals surface area contributed by atoms with Gasteiger partial charge in [-0.2, -0.15) is 0 Å². The summed E-state index contributed by atoms with van der Waals surface area (Å²) < 4.78 is 9.44. The van der Waals surface area contributed by atoms with Crippen LogP contribution in [0.5, 0.6) is 0 Å². The van der Waals surface area contributed by atoms with Crippen molar-refractivity contribution in [2.75, 3.05) is 19.5 Å². The lowest BCUT2D eigenvalue weighted by molar-refractivity contribution is 0.102. The molecule has 8 heteroatoms. The van der Waals surface area contributed by atoms with Crippen LogP contribution in [-0.4, -0.2) is 44.6 Å². The van der Waals surface area contributed by atoms with Gasteiger partial charge in [0.25, 0.3) is 0 Å². The van der Waals surface area contributed by atoms with Crippen molar-refractivity contribution in [1.29, 1.82) is 0 Å². The molecule has 6 nitrogen and oxygen atoms in total. The zero-order chi connectivity index (χ0) is 22.4. The van der Waals surface area contributed by atoms with Crippen molar-refractivity contribution in [2.45, 2.75) is 51.9 Å². The normalized spacial score (nSPS) is 11.3. The van der Waals surface area contributed by atoms with E-state index in [1.54, 1.807) is 7.11 Å². The van der Waals surface area contributed by atoms with Gasteiger partial charge in [-0.25, -0.2) is 0 Å². The fourth-order valence-electron chi connectivity index (χ4n) is 3.66. The molecular weight excluding hydrogens is 432 g/mol. The number of halogens is 1. The van der Waals surface area contributed by atoms with Gasteiger partial charge in [-0.05, 0) is 44.9 Å². The van der Waals surface area contributed by atoms with Crippen LogP contribution in [0.3, 0.4) is 0 Å². The van der Waals surface area contributed by atoms with Crippen LogP contribution in [0, 0.1) is 13.8 Å². The Labute approximate surface area is 193 Å². The summed E-state index contributed by atoms with van der Waals surface area (Å²) in [6.45, 7) is 8.45. The molecular formula is C23H29ClN4O2S. The number of methoxy groups -OCH3 is 1. The largest absolute Gasteiger partial charge is 0.385 e. The Hall–Kier alpha value is -2.09. The van der Waals surface area contributed by atoms with Gasteiger partial charge in [-0.3, -0.25) is 4.79 Å². The second-order valence-electron chi connectivity index (χ2n) is 7.43. The lowest BCUT2D eigenvalue weighted by Crippen LogP contribution is -2.09. The van der Waals surface area contributed by atoms with Gasteiger partial charge >= 0.3 is 0 Å². The van der Waals surface area contributed by atoms with E-state index in [1.807, 2.05) is 41.8 Å². The van der Waals surface area contributed by atoms with E-state index in [9.17, 15) is 4.79 Å². The standard InChI is InChI=1S/C23H29ClN4O2S/c1-5-11-27-16(2)14-19(17(27)3)21(29)15-31-23-26-25-22(28(23)12-8-13-30-4)18-9-6-7-10-20(18)24/h6-7,9-10,14H,5,8,11-13,15H2,1-4H3. The minimum Gasteiger partial charge on any atom is -0.385 e. The summed E-state index contributed by atoms with van der Waals surface area (Å²) in [5, 5.41) is 10.1. The van der Waals surface area contributed by atoms with Gasteiger partial charge in [0.2, 0.25) is 0 Å². The van der Waals surface area contributed by atoms with E-state index in [0.29, 0.717) is 34.9 Å². The molecule has 2 heterocycles. The summed E-state index contributed by atoms with van der Waals surface area (Å²) >= 11 is 7.81. The maximum atomic E-state index is 13.0. The molecule has 0 saturated heterocycles. The zero-order valence-electron chi connectivity index (χ0n) is 18.5. The number of carbonyl (C=O) groups is 1. The lowest BCUT2D eigenvalue weighted by Gasteiger charge is -2.11. The Morgan fingerprint density at radius 1 is 1.16 bits per heavy atom. The number of ether oxygens (including phenoxy) is 1. The third-order valence-electron chi connectivity index (χ3n) is 5.22. The minimum atomic E-state index is 0.103. The Kier molecular flexibility index (Phi) is 8.35. The first-order valence-corrected chi connectivity index (χ1v) is 11.8. The van der Waals surface area contributed by atoms with Crippen molar-refractivity contribution in [3.8, 4) is 11.4 Å². The van der Waals surface area contributed by atoms with E-state index in [1.165, 1.54) is 11.8 Å². The molecule has 0 atom stereocenters. The van der Waals surface area contributed by atoms with Gasteiger partial charge in [0, 0.05) is 49.3 Å². The highest BCUT2D eigenvalue weighted by atomic mass is 35.5. The lowest BCUT2D eigenvalue weighted by atomic mass is 10.2. The number of nitrogens with zero attached hydrogens (tertiary/aromatic N) is 4. The van der Waals surface area contributed by atoms with Crippen LogP contribution in [-0.2, 0) is 17.8 Å². The molecule has 0 N–H and O–H groups in total. The first-order valence-electron chi connectivity index (χ1n) is 10.5. The van der Waals surface area contributed by atoms with Crippen molar-refractivity contribution in [3.63, 3.8) is 0 Å². The summed E-state index contributed by atoms with van der Waals surface area (Å²) in [7, 11) is 1.68. The molecule has 0 fully saturated rings. The van der Waals surface area contributed by atoms with E-state index < -0.39 is 0 Å². The van der Waals surface area contributed by atoms with Crippen molar-refractivity contribution in [1.82, 2.24) is 19.3 Å². The van der Waals surface area contributed by atoms with E-state index >= 15 is 0 Å². The third kappa shape index (κ3) is 5.40. The Morgan fingerprint density at radius 2 is 1.94 bits per heavy atom. The van der Waals surface area contributed by atoms with Crippen molar-refractivity contribution in [3.05, 3.63) is 52.3 Å².